The van der Waals surface area contributed by atoms with E-state index in [9.17, 15) is 13.6 Å². The summed E-state index contributed by atoms with van der Waals surface area (Å²) < 4.78 is 31.0. The largest absolute Gasteiger partial charge is 0.495 e. The second-order valence-corrected chi connectivity index (χ2v) is 4.84. The predicted octanol–water partition coefficient (Wildman–Crippen LogP) is 3.95. The number of carbonyl (C=O) groups is 1. The van der Waals surface area contributed by atoms with Crippen LogP contribution in [0.4, 0.5) is 19.3 Å². The highest BCUT2D eigenvalue weighted by Crippen LogP contribution is 2.27. The number of nitrogens with one attached hydrogen (secondary N) is 2. The van der Waals surface area contributed by atoms with E-state index in [-0.39, 0.29) is 6.54 Å². The van der Waals surface area contributed by atoms with E-state index in [1.165, 1.54) is 19.2 Å². The molecular weight excluding hydrogens is 314 g/mol. The summed E-state index contributed by atoms with van der Waals surface area (Å²) in [6.45, 7) is 0.0475. The fourth-order valence-electron chi connectivity index (χ4n) is 1.78. The van der Waals surface area contributed by atoms with E-state index >= 15 is 0 Å². The Morgan fingerprint density at radius 1 is 1.18 bits per heavy atom. The number of carbonyl (C=O) groups excluding carboxylic acids is 1. The van der Waals surface area contributed by atoms with Gasteiger partial charge in [-0.2, -0.15) is 0 Å². The lowest BCUT2D eigenvalue weighted by Gasteiger charge is -2.11. The van der Waals surface area contributed by atoms with Gasteiger partial charge in [-0.05, 0) is 35.9 Å². The van der Waals surface area contributed by atoms with Crippen LogP contribution >= 0.6 is 11.6 Å². The Hall–Kier alpha value is -2.34. The Bertz CT molecular complexity index is 695. The zero-order valence-electron chi connectivity index (χ0n) is 11.6. The molecule has 7 heteroatoms. The third kappa shape index (κ3) is 4.08. The molecule has 22 heavy (non-hydrogen) atoms. The van der Waals surface area contributed by atoms with Crippen molar-refractivity contribution in [1.29, 1.82) is 0 Å². The van der Waals surface area contributed by atoms with E-state index in [1.54, 1.807) is 12.1 Å². The van der Waals surface area contributed by atoms with Crippen molar-refractivity contribution in [3.63, 3.8) is 0 Å². The molecule has 0 atom stereocenters. The first-order valence-electron chi connectivity index (χ1n) is 6.32. The molecule has 0 radical (unpaired) electrons. The van der Waals surface area contributed by atoms with Crippen LogP contribution in [0.15, 0.2) is 36.4 Å². The van der Waals surface area contributed by atoms with Crippen LogP contribution in [-0.2, 0) is 6.54 Å². The second-order valence-electron chi connectivity index (χ2n) is 4.40. The van der Waals surface area contributed by atoms with Crippen LogP contribution in [0.5, 0.6) is 5.75 Å². The van der Waals surface area contributed by atoms with Crippen molar-refractivity contribution in [3.8, 4) is 5.75 Å². The molecule has 0 aliphatic heterocycles. The zero-order chi connectivity index (χ0) is 16.1. The Morgan fingerprint density at radius 2 is 1.95 bits per heavy atom. The average molecular weight is 327 g/mol. The normalized spacial score (nSPS) is 10.2. The number of amides is 2. The van der Waals surface area contributed by atoms with Gasteiger partial charge in [0.05, 0.1) is 12.8 Å². The highest BCUT2D eigenvalue weighted by Gasteiger charge is 2.09. The van der Waals surface area contributed by atoms with Gasteiger partial charge in [-0.1, -0.05) is 17.7 Å². The van der Waals surface area contributed by atoms with Crippen LogP contribution in [-0.4, -0.2) is 13.1 Å². The van der Waals surface area contributed by atoms with Crippen LogP contribution in [0.3, 0.4) is 0 Å². The monoisotopic (exact) mass is 326 g/mol. The molecule has 2 amide bonds. The van der Waals surface area contributed by atoms with Gasteiger partial charge in [0, 0.05) is 11.6 Å². The zero-order valence-corrected chi connectivity index (χ0v) is 12.4. The van der Waals surface area contributed by atoms with Gasteiger partial charge < -0.3 is 15.4 Å². The van der Waals surface area contributed by atoms with Crippen LogP contribution in [0.2, 0.25) is 5.02 Å². The number of anilines is 1. The van der Waals surface area contributed by atoms with E-state index in [2.05, 4.69) is 10.6 Å². The number of halogens is 3. The van der Waals surface area contributed by atoms with Crippen LogP contribution in [0.1, 0.15) is 5.56 Å². The summed E-state index contributed by atoms with van der Waals surface area (Å²) in [5.74, 6) is -1.44. The number of hydrogen-bond acceptors (Lipinski definition) is 2. The number of rotatable bonds is 4. The minimum Gasteiger partial charge on any atom is -0.495 e. The number of benzene rings is 2. The van der Waals surface area contributed by atoms with Crippen molar-refractivity contribution in [2.45, 2.75) is 6.54 Å². The van der Waals surface area contributed by atoms with Gasteiger partial charge in [0.15, 0.2) is 11.6 Å². The molecule has 2 rings (SSSR count). The van der Waals surface area contributed by atoms with Gasteiger partial charge >= 0.3 is 6.03 Å². The second kappa shape index (κ2) is 7.09. The van der Waals surface area contributed by atoms with Gasteiger partial charge in [-0.3, -0.25) is 0 Å². The quantitative estimate of drug-likeness (QED) is 0.894. The molecule has 0 aliphatic carbocycles. The molecular formula is C15H13ClF2N2O2. The minimum atomic E-state index is -0.962. The first-order chi connectivity index (χ1) is 10.5. The summed E-state index contributed by atoms with van der Waals surface area (Å²) in [5.41, 5.74) is 0.838. The molecule has 2 aromatic carbocycles. The summed E-state index contributed by atoms with van der Waals surface area (Å²) in [6.07, 6.45) is 0. The summed E-state index contributed by atoms with van der Waals surface area (Å²) in [7, 11) is 1.47. The fourth-order valence-corrected chi connectivity index (χ4v) is 1.95. The van der Waals surface area contributed by atoms with Crippen molar-refractivity contribution >= 4 is 23.3 Å². The summed E-state index contributed by atoms with van der Waals surface area (Å²) in [4.78, 5) is 11.8. The Kier molecular flexibility index (Phi) is 5.16. The van der Waals surface area contributed by atoms with Gasteiger partial charge in [-0.15, -0.1) is 0 Å². The Balaban J connectivity index is 1.98. The lowest BCUT2D eigenvalue weighted by Crippen LogP contribution is -2.28. The standard InChI is InChI=1S/C15H13ClF2N2O2/c1-22-14-5-3-10(16)7-13(14)20-15(21)19-8-9-2-4-11(17)12(18)6-9/h2-7H,8H2,1H3,(H2,19,20,21). The molecule has 0 unspecified atom stereocenters. The van der Waals surface area contributed by atoms with Crippen molar-refractivity contribution in [3.05, 3.63) is 58.6 Å². The summed E-state index contributed by atoms with van der Waals surface area (Å²) in [5, 5.41) is 5.54. The number of urea groups is 1. The van der Waals surface area contributed by atoms with Crippen molar-refractivity contribution in [2.75, 3.05) is 12.4 Å². The lowest BCUT2D eigenvalue weighted by atomic mass is 10.2. The number of ether oxygens (including phenoxy) is 1. The number of methoxy groups -OCH3 is 1. The first-order valence-corrected chi connectivity index (χ1v) is 6.69. The van der Waals surface area contributed by atoms with E-state index < -0.39 is 17.7 Å². The highest BCUT2D eigenvalue weighted by atomic mass is 35.5. The minimum absolute atomic E-state index is 0.0475. The summed E-state index contributed by atoms with van der Waals surface area (Å²) >= 11 is 5.86. The topological polar surface area (TPSA) is 50.4 Å². The maximum absolute atomic E-state index is 13.1. The van der Waals surface area contributed by atoms with Crippen LogP contribution in [0.25, 0.3) is 0 Å². The molecule has 0 heterocycles. The SMILES string of the molecule is COc1ccc(Cl)cc1NC(=O)NCc1ccc(F)c(F)c1. The van der Waals surface area contributed by atoms with Crippen LogP contribution < -0.4 is 15.4 Å². The molecule has 0 spiro atoms. The third-order valence-electron chi connectivity index (χ3n) is 2.85. The molecule has 2 aromatic rings. The Morgan fingerprint density at radius 3 is 2.64 bits per heavy atom. The molecule has 0 saturated heterocycles. The van der Waals surface area contributed by atoms with E-state index in [1.807, 2.05) is 0 Å². The summed E-state index contributed by atoms with van der Waals surface area (Å²) in [6, 6.07) is 7.68. The van der Waals surface area contributed by atoms with Crippen molar-refractivity contribution in [2.24, 2.45) is 0 Å². The maximum atomic E-state index is 13.1. The molecule has 0 bridgehead atoms. The smallest absolute Gasteiger partial charge is 0.319 e. The van der Waals surface area contributed by atoms with E-state index in [0.29, 0.717) is 22.0 Å². The van der Waals surface area contributed by atoms with Gasteiger partial charge in [0.1, 0.15) is 5.75 Å². The predicted molar refractivity (Wildman–Crippen MR) is 80.2 cm³/mol. The van der Waals surface area contributed by atoms with Gasteiger partial charge in [0.2, 0.25) is 0 Å². The van der Waals surface area contributed by atoms with Crippen molar-refractivity contribution < 1.29 is 18.3 Å². The molecule has 0 aromatic heterocycles. The van der Waals surface area contributed by atoms with Gasteiger partial charge in [-0.25, -0.2) is 13.6 Å². The lowest BCUT2D eigenvalue weighted by molar-refractivity contribution is 0.251. The molecule has 0 saturated carbocycles. The van der Waals surface area contributed by atoms with E-state index in [4.69, 9.17) is 16.3 Å². The molecule has 0 fully saturated rings. The fraction of sp³-hybridized carbons (Fsp3) is 0.133. The number of hydrogen-bond donors (Lipinski definition) is 2. The first kappa shape index (κ1) is 16.0. The molecule has 2 N–H and O–H groups in total. The Labute approximate surface area is 131 Å². The maximum Gasteiger partial charge on any atom is 0.319 e. The molecule has 4 nitrogen and oxygen atoms in total. The average Bonchev–Trinajstić information content (AvgIpc) is 2.49. The van der Waals surface area contributed by atoms with Gasteiger partial charge in [0.25, 0.3) is 0 Å². The van der Waals surface area contributed by atoms with Crippen molar-refractivity contribution in [1.82, 2.24) is 5.32 Å². The highest BCUT2D eigenvalue weighted by molar-refractivity contribution is 6.31. The molecule has 116 valence electrons. The van der Waals surface area contributed by atoms with E-state index in [0.717, 1.165) is 12.1 Å². The molecule has 0 aliphatic rings. The van der Waals surface area contributed by atoms with Crippen LogP contribution in [0, 0.1) is 11.6 Å². The third-order valence-corrected chi connectivity index (χ3v) is 3.08.